The van der Waals surface area contributed by atoms with Gasteiger partial charge in [-0.1, -0.05) is 25.1 Å². The van der Waals surface area contributed by atoms with Gasteiger partial charge in [0.2, 0.25) is 0 Å². The number of hydrogen-bond donors (Lipinski definition) is 1. The van der Waals surface area contributed by atoms with Gasteiger partial charge in [-0.3, -0.25) is 4.98 Å². The topological polar surface area (TPSA) is 28.2 Å². The third kappa shape index (κ3) is 1.70. The van der Waals surface area contributed by atoms with Crippen LogP contribution in [0.5, 0.6) is 0 Å². The lowest BCUT2D eigenvalue weighted by Crippen LogP contribution is -2.40. The van der Waals surface area contributed by atoms with Crippen LogP contribution in [0.4, 0.5) is 11.4 Å². The van der Waals surface area contributed by atoms with Crippen LogP contribution in [0.1, 0.15) is 20.3 Å². The molecule has 1 N–H and O–H groups in total. The minimum Gasteiger partial charge on any atom is -0.380 e. The third-order valence-corrected chi connectivity index (χ3v) is 3.83. The Kier molecular flexibility index (Phi) is 2.82. The molecule has 94 valence electrons. The molecule has 1 aliphatic rings. The standard InChI is InChI=1S/C15H19N3/c1-3-11(2)18-9-8-16-14-10-17-13-7-5-4-6-12(13)15(14)18/h4-7,10-11,16H,3,8-9H2,1-2H3. The highest BCUT2D eigenvalue weighted by molar-refractivity contribution is 5.98. The first kappa shape index (κ1) is 11.3. The van der Waals surface area contributed by atoms with Crippen LogP contribution in [-0.4, -0.2) is 24.1 Å². The van der Waals surface area contributed by atoms with Crippen molar-refractivity contribution in [3.8, 4) is 0 Å². The summed E-state index contributed by atoms with van der Waals surface area (Å²) >= 11 is 0. The van der Waals surface area contributed by atoms with Gasteiger partial charge in [-0.15, -0.1) is 0 Å². The minimum atomic E-state index is 0.566. The van der Waals surface area contributed by atoms with Gasteiger partial charge in [0.1, 0.15) is 0 Å². The average molecular weight is 241 g/mol. The fraction of sp³-hybridized carbons (Fsp3) is 0.400. The number of nitrogens with one attached hydrogen (secondary N) is 1. The first-order valence-corrected chi connectivity index (χ1v) is 6.69. The van der Waals surface area contributed by atoms with E-state index in [2.05, 4.69) is 47.2 Å². The SMILES string of the molecule is CCC(C)N1CCNc2cnc3ccccc3c21. The summed E-state index contributed by atoms with van der Waals surface area (Å²) < 4.78 is 0. The Morgan fingerprint density at radius 2 is 2.22 bits per heavy atom. The maximum atomic E-state index is 4.52. The smallest absolute Gasteiger partial charge is 0.0771 e. The number of anilines is 2. The van der Waals surface area contributed by atoms with Crippen LogP contribution in [0.15, 0.2) is 30.5 Å². The summed E-state index contributed by atoms with van der Waals surface area (Å²) in [6.07, 6.45) is 3.13. The van der Waals surface area contributed by atoms with E-state index in [-0.39, 0.29) is 0 Å². The predicted molar refractivity (Wildman–Crippen MR) is 77.3 cm³/mol. The summed E-state index contributed by atoms with van der Waals surface area (Å²) in [6, 6.07) is 8.96. The summed E-state index contributed by atoms with van der Waals surface area (Å²) in [4.78, 5) is 7.03. The van der Waals surface area contributed by atoms with Gasteiger partial charge in [0.05, 0.1) is 23.1 Å². The molecule has 0 amide bonds. The normalized spacial score (nSPS) is 16.2. The molecule has 0 bridgehead atoms. The van der Waals surface area contributed by atoms with Crippen molar-refractivity contribution in [2.75, 3.05) is 23.3 Å². The largest absolute Gasteiger partial charge is 0.380 e. The highest BCUT2D eigenvalue weighted by atomic mass is 15.2. The highest BCUT2D eigenvalue weighted by Crippen LogP contribution is 2.36. The summed E-state index contributed by atoms with van der Waals surface area (Å²) in [5.74, 6) is 0. The number of rotatable bonds is 2. The highest BCUT2D eigenvalue weighted by Gasteiger charge is 2.22. The Morgan fingerprint density at radius 1 is 1.39 bits per heavy atom. The summed E-state index contributed by atoms with van der Waals surface area (Å²) in [6.45, 7) is 6.60. The van der Waals surface area contributed by atoms with Crippen molar-refractivity contribution in [2.45, 2.75) is 26.3 Å². The van der Waals surface area contributed by atoms with Crippen molar-refractivity contribution in [2.24, 2.45) is 0 Å². The van der Waals surface area contributed by atoms with Crippen molar-refractivity contribution < 1.29 is 0 Å². The van der Waals surface area contributed by atoms with E-state index in [9.17, 15) is 0 Å². The van der Waals surface area contributed by atoms with Crippen LogP contribution in [0.3, 0.4) is 0 Å². The zero-order valence-corrected chi connectivity index (χ0v) is 11.0. The molecule has 1 aromatic carbocycles. The lowest BCUT2D eigenvalue weighted by Gasteiger charge is -2.37. The van der Waals surface area contributed by atoms with Crippen LogP contribution < -0.4 is 10.2 Å². The fourth-order valence-electron chi connectivity index (χ4n) is 2.65. The van der Waals surface area contributed by atoms with Crippen LogP contribution in [0.25, 0.3) is 10.9 Å². The zero-order valence-electron chi connectivity index (χ0n) is 11.0. The Hall–Kier alpha value is -1.77. The Balaban J connectivity index is 2.21. The molecule has 1 atom stereocenters. The molecule has 1 aliphatic heterocycles. The van der Waals surface area contributed by atoms with E-state index < -0.39 is 0 Å². The molecule has 2 aromatic rings. The second-order valence-corrected chi connectivity index (χ2v) is 4.92. The molecular formula is C15H19N3. The van der Waals surface area contributed by atoms with E-state index in [1.807, 2.05) is 12.3 Å². The molecule has 18 heavy (non-hydrogen) atoms. The van der Waals surface area contributed by atoms with E-state index in [0.717, 1.165) is 25.0 Å². The molecule has 0 saturated heterocycles. The van der Waals surface area contributed by atoms with Gasteiger partial charge >= 0.3 is 0 Å². The van der Waals surface area contributed by atoms with Crippen molar-refractivity contribution in [3.63, 3.8) is 0 Å². The quantitative estimate of drug-likeness (QED) is 0.874. The molecule has 2 heterocycles. The zero-order chi connectivity index (χ0) is 12.5. The Labute approximate surface area is 108 Å². The number of aromatic nitrogens is 1. The second kappa shape index (κ2) is 4.48. The summed E-state index contributed by atoms with van der Waals surface area (Å²) in [7, 11) is 0. The summed E-state index contributed by atoms with van der Waals surface area (Å²) in [5.41, 5.74) is 3.56. The van der Waals surface area contributed by atoms with Crippen LogP contribution in [0, 0.1) is 0 Å². The molecule has 3 rings (SSSR count). The molecule has 0 spiro atoms. The Bertz CT molecular complexity index is 565. The van der Waals surface area contributed by atoms with E-state index >= 15 is 0 Å². The first-order valence-electron chi connectivity index (χ1n) is 6.69. The van der Waals surface area contributed by atoms with Crippen molar-refractivity contribution in [1.82, 2.24) is 4.98 Å². The van der Waals surface area contributed by atoms with E-state index in [0.29, 0.717) is 6.04 Å². The van der Waals surface area contributed by atoms with E-state index in [1.54, 1.807) is 0 Å². The van der Waals surface area contributed by atoms with Crippen LogP contribution in [-0.2, 0) is 0 Å². The van der Waals surface area contributed by atoms with Gasteiger partial charge < -0.3 is 10.2 Å². The molecule has 1 aromatic heterocycles. The molecule has 0 aliphatic carbocycles. The number of para-hydroxylation sites is 1. The number of hydrogen-bond acceptors (Lipinski definition) is 3. The average Bonchev–Trinajstić information content (AvgIpc) is 2.45. The van der Waals surface area contributed by atoms with Crippen molar-refractivity contribution in [3.05, 3.63) is 30.5 Å². The third-order valence-electron chi connectivity index (χ3n) is 3.83. The number of nitrogens with zero attached hydrogens (tertiary/aromatic N) is 2. The van der Waals surface area contributed by atoms with Gasteiger partial charge in [-0.25, -0.2) is 0 Å². The van der Waals surface area contributed by atoms with Gasteiger partial charge in [0.25, 0.3) is 0 Å². The Morgan fingerprint density at radius 3 is 3.06 bits per heavy atom. The first-order chi connectivity index (χ1) is 8.81. The van der Waals surface area contributed by atoms with Gasteiger partial charge in [0, 0.05) is 24.5 Å². The van der Waals surface area contributed by atoms with E-state index in [4.69, 9.17) is 0 Å². The lowest BCUT2D eigenvalue weighted by atomic mass is 10.1. The molecule has 0 radical (unpaired) electrons. The minimum absolute atomic E-state index is 0.566. The van der Waals surface area contributed by atoms with E-state index in [1.165, 1.54) is 16.8 Å². The maximum absolute atomic E-state index is 4.52. The van der Waals surface area contributed by atoms with Gasteiger partial charge in [-0.2, -0.15) is 0 Å². The fourth-order valence-corrected chi connectivity index (χ4v) is 2.65. The van der Waals surface area contributed by atoms with Gasteiger partial charge in [0.15, 0.2) is 0 Å². The molecular weight excluding hydrogens is 222 g/mol. The number of pyridine rings is 1. The van der Waals surface area contributed by atoms with Crippen LogP contribution >= 0.6 is 0 Å². The second-order valence-electron chi connectivity index (χ2n) is 4.92. The molecule has 0 saturated carbocycles. The summed E-state index contributed by atoms with van der Waals surface area (Å²) in [5, 5.41) is 4.71. The molecule has 3 nitrogen and oxygen atoms in total. The van der Waals surface area contributed by atoms with Crippen molar-refractivity contribution in [1.29, 1.82) is 0 Å². The maximum Gasteiger partial charge on any atom is 0.0771 e. The molecule has 0 fully saturated rings. The van der Waals surface area contributed by atoms with Crippen LogP contribution in [0.2, 0.25) is 0 Å². The number of benzene rings is 1. The lowest BCUT2D eigenvalue weighted by molar-refractivity contribution is 0.617. The number of fused-ring (bicyclic) bond motifs is 3. The monoisotopic (exact) mass is 241 g/mol. The predicted octanol–water partition coefficient (Wildman–Crippen LogP) is 3.27. The van der Waals surface area contributed by atoms with Gasteiger partial charge in [-0.05, 0) is 19.4 Å². The van der Waals surface area contributed by atoms with Crippen molar-refractivity contribution >= 4 is 22.3 Å². The molecule has 1 unspecified atom stereocenters. The molecule has 3 heteroatoms.